The fourth-order valence-corrected chi connectivity index (χ4v) is 2.42. The number of carbonyl (C=O) groups is 1. The summed E-state index contributed by atoms with van der Waals surface area (Å²) in [6.07, 6.45) is 2.35. The average Bonchev–Trinajstić information content (AvgIpc) is 2.81. The maximum atomic E-state index is 12.8. The number of carbonyl (C=O) groups excluding carboxylic acids is 1. The monoisotopic (exact) mass is 265 g/mol. The summed E-state index contributed by atoms with van der Waals surface area (Å²) in [7, 11) is 0. The Hall–Kier alpha value is -1.42. The molecular weight excluding hydrogens is 245 g/mol. The number of likely N-dealkylation sites (tertiary alicyclic amines) is 1. The Morgan fingerprint density at radius 3 is 2.68 bits per heavy atom. The molecule has 104 valence electrons. The Kier molecular flexibility index (Phi) is 4.20. The van der Waals surface area contributed by atoms with Crippen molar-refractivity contribution in [2.45, 2.75) is 38.2 Å². The largest absolute Gasteiger partial charge is 0.388 e. The SMILES string of the molecule is CCC1(O)CCN(C(=O)CCc2ccc(F)cc2)C1. The van der Waals surface area contributed by atoms with Crippen LogP contribution in [-0.4, -0.2) is 34.6 Å². The molecule has 0 spiro atoms. The van der Waals surface area contributed by atoms with Crippen LogP contribution in [0.2, 0.25) is 0 Å². The molecule has 1 aliphatic rings. The molecule has 1 N–H and O–H groups in total. The first-order valence-corrected chi connectivity index (χ1v) is 6.77. The Morgan fingerprint density at radius 2 is 2.11 bits per heavy atom. The van der Waals surface area contributed by atoms with E-state index in [2.05, 4.69) is 0 Å². The number of nitrogens with zero attached hydrogens (tertiary/aromatic N) is 1. The number of benzene rings is 1. The van der Waals surface area contributed by atoms with Crippen molar-refractivity contribution < 1.29 is 14.3 Å². The molecule has 1 amide bonds. The Labute approximate surface area is 113 Å². The maximum absolute atomic E-state index is 12.8. The highest BCUT2D eigenvalue weighted by atomic mass is 19.1. The molecule has 0 aromatic heterocycles. The molecule has 3 nitrogen and oxygen atoms in total. The summed E-state index contributed by atoms with van der Waals surface area (Å²) in [6, 6.07) is 6.22. The van der Waals surface area contributed by atoms with Gasteiger partial charge in [0.05, 0.1) is 5.60 Å². The van der Waals surface area contributed by atoms with E-state index in [1.165, 1.54) is 12.1 Å². The molecular formula is C15H20FNO2. The van der Waals surface area contributed by atoms with Crippen LogP contribution in [0, 0.1) is 5.82 Å². The lowest BCUT2D eigenvalue weighted by atomic mass is 10.0. The lowest BCUT2D eigenvalue weighted by molar-refractivity contribution is -0.131. The van der Waals surface area contributed by atoms with E-state index in [4.69, 9.17) is 0 Å². The van der Waals surface area contributed by atoms with Crippen LogP contribution in [0.25, 0.3) is 0 Å². The summed E-state index contributed by atoms with van der Waals surface area (Å²) in [5, 5.41) is 10.1. The summed E-state index contributed by atoms with van der Waals surface area (Å²) in [5.41, 5.74) is 0.255. The number of rotatable bonds is 4. The van der Waals surface area contributed by atoms with Gasteiger partial charge >= 0.3 is 0 Å². The van der Waals surface area contributed by atoms with Crippen molar-refractivity contribution in [2.24, 2.45) is 0 Å². The summed E-state index contributed by atoms with van der Waals surface area (Å²) < 4.78 is 12.8. The second-order valence-corrected chi connectivity index (χ2v) is 5.27. The minimum Gasteiger partial charge on any atom is -0.388 e. The van der Waals surface area contributed by atoms with Gasteiger partial charge in [0.1, 0.15) is 5.82 Å². The molecule has 1 aliphatic heterocycles. The maximum Gasteiger partial charge on any atom is 0.223 e. The third-order valence-electron chi connectivity index (χ3n) is 3.88. The van der Waals surface area contributed by atoms with E-state index in [0.29, 0.717) is 38.8 Å². The number of β-amino-alcohol motifs (C(OH)–C–C–N with tert-alkyl or cyclic N) is 1. The van der Waals surface area contributed by atoms with Crippen molar-refractivity contribution in [3.05, 3.63) is 35.6 Å². The minimum absolute atomic E-state index is 0.0636. The molecule has 1 saturated heterocycles. The number of aryl methyl sites for hydroxylation is 1. The van der Waals surface area contributed by atoms with E-state index in [0.717, 1.165) is 5.56 Å². The predicted molar refractivity (Wildman–Crippen MR) is 71.2 cm³/mol. The number of amides is 1. The highest BCUT2D eigenvalue weighted by molar-refractivity contribution is 5.76. The van der Waals surface area contributed by atoms with Crippen molar-refractivity contribution in [3.63, 3.8) is 0 Å². The molecule has 1 atom stereocenters. The molecule has 1 aromatic carbocycles. The molecule has 19 heavy (non-hydrogen) atoms. The first-order valence-electron chi connectivity index (χ1n) is 6.77. The van der Waals surface area contributed by atoms with Gasteiger partial charge in [0, 0.05) is 19.5 Å². The number of hydrogen-bond acceptors (Lipinski definition) is 2. The van der Waals surface area contributed by atoms with Crippen LogP contribution in [0.1, 0.15) is 31.7 Å². The molecule has 0 saturated carbocycles. The lowest BCUT2D eigenvalue weighted by Gasteiger charge is -2.21. The number of aliphatic hydroxyl groups is 1. The normalized spacial score (nSPS) is 22.8. The second kappa shape index (κ2) is 5.70. The zero-order valence-electron chi connectivity index (χ0n) is 11.2. The predicted octanol–water partition coefficient (Wildman–Crippen LogP) is 2.13. The molecule has 4 heteroatoms. The first kappa shape index (κ1) is 14.0. The lowest BCUT2D eigenvalue weighted by Crippen LogP contribution is -2.35. The fraction of sp³-hybridized carbons (Fsp3) is 0.533. The number of halogens is 1. The molecule has 0 bridgehead atoms. The molecule has 2 rings (SSSR count). The molecule has 0 aliphatic carbocycles. The summed E-state index contributed by atoms with van der Waals surface area (Å²) in [5.74, 6) is -0.198. The van der Waals surface area contributed by atoms with Gasteiger partial charge in [-0.2, -0.15) is 0 Å². The van der Waals surface area contributed by atoms with Gasteiger partial charge in [0.2, 0.25) is 5.91 Å². The van der Waals surface area contributed by atoms with Crippen molar-refractivity contribution in [2.75, 3.05) is 13.1 Å². The molecule has 1 aromatic rings. The highest BCUT2D eigenvalue weighted by Crippen LogP contribution is 2.24. The van der Waals surface area contributed by atoms with Gasteiger partial charge in [-0.15, -0.1) is 0 Å². The summed E-state index contributed by atoms with van der Waals surface area (Å²) in [4.78, 5) is 13.8. The topological polar surface area (TPSA) is 40.5 Å². The van der Waals surface area contributed by atoms with Crippen LogP contribution >= 0.6 is 0 Å². The summed E-state index contributed by atoms with van der Waals surface area (Å²) >= 11 is 0. The zero-order chi connectivity index (χ0) is 13.9. The van der Waals surface area contributed by atoms with Crippen LogP contribution in [0.5, 0.6) is 0 Å². The van der Waals surface area contributed by atoms with Gasteiger partial charge in [-0.05, 0) is 37.0 Å². The van der Waals surface area contributed by atoms with Crippen LogP contribution in [0.4, 0.5) is 4.39 Å². The van der Waals surface area contributed by atoms with Crippen molar-refractivity contribution in [3.8, 4) is 0 Å². The first-order chi connectivity index (χ1) is 9.02. The third-order valence-corrected chi connectivity index (χ3v) is 3.88. The van der Waals surface area contributed by atoms with E-state index < -0.39 is 5.60 Å². The third kappa shape index (κ3) is 3.53. The second-order valence-electron chi connectivity index (χ2n) is 5.27. The van der Waals surface area contributed by atoms with Gasteiger partial charge in [-0.25, -0.2) is 4.39 Å². The Bertz CT molecular complexity index is 446. The Morgan fingerprint density at radius 1 is 1.42 bits per heavy atom. The van der Waals surface area contributed by atoms with Crippen molar-refractivity contribution in [1.29, 1.82) is 0 Å². The van der Waals surface area contributed by atoms with E-state index in [1.54, 1.807) is 17.0 Å². The van der Waals surface area contributed by atoms with Gasteiger partial charge in [-0.1, -0.05) is 19.1 Å². The van der Waals surface area contributed by atoms with Crippen LogP contribution in [0.15, 0.2) is 24.3 Å². The smallest absolute Gasteiger partial charge is 0.223 e. The van der Waals surface area contributed by atoms with Crippen molar-refractivity contribution in [1.82, 2.24) is 4.90 Å². The molecule has 1 heterocycles. The van der Waals surface area contributed by atoms with E-state index in [1.807, 2.05) is 6.92 Å². The summed E-state index contributed by atoms with van der Waals surface area (Å²) in [6.45, 7) is 3.00. The molecule has 1 fully saturated rings. The van der Waals surface area contributed by atoms with Crippen molar-refractivity contribution >= 4 is 5.91 Å². The van der Waals surface area contributed by atoms with Crippen LogP contribution in [-0.2, 0) is 11.2 Å². The van der Waals surface area contributed by atoms with E-state index >= 15 is 0 Å². The Balaban J connectivity index is 1.84. The van der Waals surface area contributed by atoms with E-state index in [-0.39, 0.29) is 11.7 Å². The van der Waals surface area contributed by atoms with Gasteiger partial charge in [0.15, 0.2) is 0 Å². The van der Waals surface area contributed by atoms with E-state index in [9.17, 15) is 14.3 Å². The standard InChI is InChI=1S/C15H20FNO2/c1-2-15(19)9-10-17(11-15)14(18)8-5-12-3-6-13(16)7-4-12/h3-4,6-7,19H,2,5,8-11H2,1H3. The molecule has 0 radical (unpaired) electrons. The van der Waals surface area contributed by atoms with Gasteiger partial charge in [-0.3, -0.25) is 4.79 Å². The van der Waals surface area contributed by atoms with Crippen LogP contribution < -0.4 is 0 Å². The fourth-order valence-electron chi connectivity index (χ4n) is 2.42. The van der Waals surface area contributed by atoms with Gasteiger partial charge < -0.3 is 10.0 Å². The molecule has 1 unspecified atom stereocenters. The number of hydrogen-bond donors (Lipinski definition) is 1. The zero-order valence-corrected chi connectivity index (χ0v) is 11.2. The average molecular weight is 265 g/mol. The van der Waals surface area contributed by atoms with Crippen LogP contribution in [0.3, 0.4) is 0 Å². The quantitative estimate of drug-likeness (QED) is 0.906. The highest BCUT2D eigenvalue weighted by Gasteiger charge is 2.36. The van der Waals surface area contributed by atoms with Gasteiger partial charge in [0.25, 0.3) is 0 Å². The minimum atomic E-state index is -0.703.